The molecule has 1 atom stereocenters. The van der Waals surface area contributed by atoms with Gasteiger partial charge in [0.25, 0.3) is 0 Å². The third kappa shape index (κ3) is 4.43. The Morgan fingerprint density at radius 3 is 2.55 bits per heavy atom. The fourth-order valence-corrected chi connectivity index (χ4v) is 2.34. The van der Waals surface area contributed by atoms with Crippen molar-refractivity contribution in [2.45, 2.75) is 12.3 Å². The molecule has 0 aliphatic rings. The molecule has 20 heavy (non-hydrogen) atoms. The number of rotatable bonds is 6. The smallest absolute Gasteiger partial charge is 0.119 e. The first-order chi connectivity index (χ1) is 9.66. The first-order valence-electron chi connectivity index (χ1n) is 6.52. The molecule has 2 nitrogen and oxygen atoms in total. The second-order valence-corrected chi connectivity index (χ2v) is 6.00. The number of alkyl halides is 1. The van der Waals surface area contributed by atoms with Crippen LogP contribution in [-0.4, -0.2) is 13.2 Å². The average Bonchev–Trinajstić information content (AvgIpc) is 2.46. The molecule has 2 rings (SSSR count). The first kappa shape index (κ1) is 15.2. The lowest BCUT2D eigenvalue weighted by Crippen LogP contribution is -2.12. The maximum Gasteiger partial charge on any atom is 0.119 e. The molecule has 1 unspecified atom stereocenters. The van der Waals surface area contributed by atoms with Crippen molar-refractivity contribution in [1.29, 1.82) is 0 Å². The molecule has 0 saturated carbocycles. The van der Waals surface area contributed by atoms with Gasteiger partial charge in [-0.2, -0.15) is 0 Å². The first-order valence-corrected chi connectivity index (χ1v) is 7.75. The molecule has 0 aromatic heterocycles. The van der Waals surface area contributed by atoms with Crippen molar-refractivity contribution < 1.29 is 4.74 Å². The van der Waals surface area contributed by atoms with Crippen molar-refractivity contribution in [2.75, 3.05) is 18.5 Å². The van der Waals surface area contributed by atoms with Crippen molar-refractivity contribution in [2.24, 2.45) is 0 Å². The number of hydrogen-bond acceptors (Lipinski definition) is 2. The van der Waals surface area contributed by atoms with E-state index in [1.807, 2.05) is 55.5 Å². The summed E-state index contributed by atoms with van der Waals surface area (Å²) < 4.78 is 6.72. The van der Waals surface area contributed by atoms with E-state index in [2.05, 4.69) is 21.2 Å². The molecule has 0 bridgehead atoms. The lowest BCUT2D eigenvalue weighted by molar-refractivity contribution is 0.333. The zero-order chi connectivity index (χ0) is 14.4. The van der Waals surface area contributed by atoms with Crippen molar-refractivity contribution in [3.05, 3.63) is 58.6 Å². The summed E-state index contributed by atoms with van der Waals surface area (Å²) >= 11 is 9.56. The van der Waals surface area contributed by atoms with Gasteiger partial charge in [0, 0.05) is 16.7 Å². The molecule has 0 saturated heterocycles. The summed E-state index contributed by atoms with van der Waals surface area (Å²) in [7, 11) is 0. The Balaban J connectivity index is 1.83. The molecule has 0 heterocycles. The van der Waals surface area contributed by atoms with Gasteiger partial charge in [0.15, 0.2) is 0 Å². The number of para-hydroxylation sites is 1. The molecule has 0 spiro atoms. The fourth-order valence-electron chi connectivity index (χ4n) is 1.89. The van der Waals surface area contributed by atoms with Gasteiger partial charge in [0.05, 0.1) is 5.38 Å². The summed E-state index contributed by atoms with van der Waals surface area (Å²) in [6, 6.07) is 15.9. The highest BCUT2D eigenvalue weighted by Gasteiger charge is 2.06. The van der Waals surface area contributed by atoms with Crippen molar-refractivity contribution in [3.8, 4) is 5.75 Å². The molecule has 1 N–H and O–H groups in total. The van der Waals surface area contributed by atoms with E-state index in [1.54, 1.807) is 0 Å². The molecule has 0 fully saturated rings. The van der Waals surface area contributed by atoms with Gasteiger partial charge in [-0.05, 0) is 42.8 Å². The Kier molecular flexibility index (Phi) is 5.74. The summed E-state index contributed by atoms with van der Waals surface area (Å²) in [5.41, 5.74) is 2.17. The molecule has 0 amide bonds. The van der Waals surface area contributed by atoms with Gasteiger partial charge in [-0.3, -0.25) is 0 Å². The molecular formula is C16H17BrClNO. The Bertz CT molecular complexity index is 542. The maximum absolute atomic E-state index is 6.16. The summed E-state index contributed by atoms with van der Waals surface area (Å²) in [4.78, 5) is 0. The maximum atomic E-state index is 6.16. The van der Waals surface area contributed by atoms with E-state index in [0.29, 0.717) is 6.61 Å². The van der Waals surface area contributed by atoms with Gasteiger partial charge in [-0.1, -0.05) is 34.1 Å². The third-order valence-corrected chi connectivity index (χ3v) is 3.65. The van der Waals surface area contributed by atoms with Crippen LogP contribution in [0.4, 0.5) is 5.69 Å². The Labute approximate surface area is 133 Å². The largest absolute Gasteiger partial charge is 0.492 e. The summed E-state index contributed by atoms with van der Waals surface area (Å²) in [5.74, 6) is 0.869. The quantitative estimate of drug-likeness (QED) is 0.566. The van der Waals surface area contributed by atoms with Crippen LogP contribution in [-0.2, 0) is 0 Å². The Morgan fingerprint density at radius 1 is 1.15 bits per heavy atom. The van der Waals surface area contributed by atoms with Crippen molar-refractivity contribution >= 4 is 33.2 Å². The number of nitrogens with one attached hydrogen (secondary N) is 1. The lowest BCUT2D eigenvalue weighted by Gasteiger charge is -2.14. The second-order valence-electron chi connectivity index (χ2n) is 4.43. The standard InChI is InChI=1S/C16H17BrClNO/c1-12(18)15-4-2-3-5-16(15)19-10-11-20-14-8-6-13(17)7-9-14/h2-9,12,19H,10-11H2,1H3. The molecular weight excluding hydrogens is 338 g/mol. The molecule has 2 aromatic rings. The van der Waals surface area contributed by atoms with Crippen LogP contribution in [0.15, 0.2) is 53.0 Å². The van der Waals surface area contributed by atoms with Crippen LogP contribution < -0.4 is 10.1 Å². The van der Waals surface area contributed by atoms with E-state index in [-0.39, 0.29) is 5.38 Å². The minimum atomic E-state index is -0.00825. The van der Waals surface area contributed by atoms with E-state index < -0.39 is 0 Å². The predicted molar refractivity (Wildman–Crippen MR) is 88.8 cm³/mol. The van der Waals surface area contributed by atoms with E-state index >= 15 is 0 Å². The number of anilines is 1. The second kappa shape index (κ2) is 7.55. The van der Waals surface area contributed by atoms with Crippen LogP contribution >= 0.6 is 27.5 Å². The van der Waals surface area contributed by atoms with Gasteiger partial charge >= 0.3 is 0 Å². The van der Waals surface area contributed by atoms with Crippen LogP contribution in [0.3, 0.4) is 0 Å². The van der Waals surface area contributed by atoms with Crippen LogP contribution in [0, 0.1) is 0 Å². The highest BCUT2D eigenvalue weighted by Crippen LogP contribution is 2.26. The monoisotopic (exact) mass is 353 g/mol. The average molecular weight is 355 g/mol. The van der Waals surface area contributed by atoms with E-state index in [9.17, 15) is 0 Å². The van der Waals surface area contributed by atoms with Crippen LogP contribution in [0.1, 0.15) is 17.9 Å². The van der Waals surface area contributed by atoms with Gasteiger partial charge in [0.1, 0.15) is 12.4 Å². The summed E-state index contributed by atoms with van der Waals surface area (Å²) in [6.07, 6.45) is 0. The minimum absolute atomic E-state index is 0.00825. The van der Waals surface area contributed by atoms with E-state index in [0.717, 1.165) is 28.0 Å². The van der Waals surface area contributed by atoms with E-state index in [1.165, 1.54) is 0 Å². The Morgan fingerprint density at radius 2 is 1.85 bits per heavy atom. The third-order valence-electron chi connectivity index (χ3n) is 2.89. The molecule has 2 aromatic carbocycles. The van der Waals surface area contributed by atoms with Crippen LogP contribution in [0.5, 0.6) is 5.75 Å². The van der Waals surface area contributed by atoms with Crippen molar-refractivity contribution in [1.82, 2.24) is 0 Å². The highest BCUT2D eigenvalue weighted by molar-refractivity contribution is 9.10. The van der Waals surface area contributed by atoms with Gasteiger partial charge in [0.2, 0.25) is 0 Å². The van der Waals surface area contributed by atoms with Crippen LogP contribution in [0.25, 0.3) is 0 Å². The Hall–Kier alpha value is -1.19. The summed E-state index contributed by atoms with van der Waals surface area (Å²) in [5, 5.41) is 3.35. The predicted octanol–water partition coefficient (Wildman–Crippen LogP) is 5.24. The SMILES string of the molecule is CC(Cl)c1ccccc1NCCOc1ccc(Br)cc1. The number of halogens is 2. The zero-order valence-corrected chi connectivity index (χ0v) is 13.6. The van der Waals surface area contributed by atoms with Gasteiger partial charge in [-0.15, -0.1) is 11.6 Å². The molecule has 0 radical (unpaired) electrons. The minimum Gasteiger partial charge on any atom is -0.492 e. The molecule has 0 aliphatic heterocycles. The molecule has 0 aliphatic carbocycles. The topological polar surface area (TPSA) is 21.3 Å². The normalized spacial score (nSPS) is 11.9. The highest BCUT2D eigenvalue weighted by atomic mass is 79.9. The van der Waals surface area contributed by atoms with Crippen molar-refractivity contribution in [3.63, 3.8) is 0 Å². The number of ether oxygens (including phenoxy) is 1. The number of benzene rings is 2. The van der Waals surface area contributed by atoms with Gasteiger partial charge < -0.3 is 10.1 Å². The lowest BCUT2D eigenvalue weighted by atomic mass is 10.1. The van der Waals surface area contributed by atoms with E-state index in [4.69, 9.17) is 16.3 Å². The summed E-state index contributed by atoms with van der Waals surface area (Å²) in [6.45, 7) is 3.31. The molecule has 106 valence electrons. The van der Waals surface area contributed by atoms with Crippen LogP contribution in [0.2, 0.25) is 0 Å². The van der Waals surface area contributed by atoms with Gasteiger partial charge in [-0.25, -0.2) is 0 Å². The number of hydrogen-bond donors (Lipinski definition) is 1. The fraction of sp³-hybridized carbons (Fsp3) is 0.250. The molecule has 4 heteroatoms. The zero-order valence-electron chi connectivity index (χ0n) is 11.3.